The first kappa shape index (κ1) is 11.1. The summed E-state index contributed by atoms with van der Waals surface area (Å²) in [5, 5.41) is 0. The molecule has 0 saturated carbocycles. The minimum Gasteiger partial charge on any atom is -0.330 e. The number of aromatic nitrogens is 2. The number of hydrogen-bond donors (Lipinski definition) is 1. The standard InChI is InChI=1S/C12H16FN3/c1-2-7-16-11-4-3-9(13)8-10(11)15-12(16)5-6-14/h3-4,8H,2,5-7,14H2,1H3. The number of hydrogen-bond acceptors (Lipinski definition) is 2. The fourth-order valence-electron chi connectivity index (χ4n) is 1.95. The summed E-state index contributed by atoms with van der Waals surface area (Å²) in [5.41, 5.74) is 7.26. The van der Waals surface area contributed by atoms with Gasteiger partial charge in [-0.05, 0) is 25.1 Å². The SMILES string of the molecule is CCCn1c(CCN)nc2cc(F)ccc21. The quantitative estimate of drug-likeness (QED) is 0.859. The molecular formula is C12H16FN3. The molecule has 1 heterocycles. The van der Waals surface area contributed by atoms with Gasteiger partial charge in [0.25, 0.3) is 0 Å². The zero-order valence-electron chi connectivity index (χ0n) is 9.41. The number of nitrogens with zero attached hydrogens (tertiary/aromatic N) is 2. The zero-order valence-corrected chi connectivity index (χ0v) is 9.41. The summed E-state index contributed by atoms with van der Waals surface area (Å²) in [6, 6.07) is 4.73. The van der Waals surface area contributed by atoms with E-state index < -0.39 is 0 Å². The van der Waals surface area contributed by atoms with Crippen molar-refractivity contribution in [1.29, 1.82) is 0 Å². The monoisotopic (exact) mass is 221 g/mol. The lowest BCUT2D eigenvalue weighted by molar-refractivity contribution is 0.629. The Labute approximate surface area is 94.1 Å². The molecule has 2 aromatic rings. The first-order valence-electron chi connectivity index (χ1n) is 5.61. The van der Waals surface area contributed by atoms with E-state index in [1.807, 2.05) is 0 Å². The molecule has 0 spiro atoms. The highest BCUT2D eigenvalue weighted by Crippen LogP contribution is 2.18. The van der Waals surface area contributed by atoms with Gasteiger partial charge in [0.1, 0.15) is 11.6 Å². The van der Waals surface area contributed by atoms with Gasteiger partial charge in [0, 0.05) is 19.0 Å². The number of benzene rings is 1. The van der Waals surface area contributed by atoms with Crippen LogP contribution < -0.4 is 5.73 Å². The van der Waals surface area contributed by atoms with E-state index in [4.69, 9.17) is 5.73 Å². The van der Waals surface area contributed by atoms with Crippen molar-refractivity contribution >= 4 is 11.0 Å². The summed E-state index contributed by atoms with van der Waals surface area (Å²) in [5.74, 6) is 0.706. The minimum absolute atomic E-state index is 0.243. The van der Waals surface area contributed by atoms with Gasteiger partial charge in [-0.2, -0.15) is 0 Å². The van der Waals surface area contributed by atoms with E-state index in [1.165, 1.54) is 12.1 Å². The summed E-state index contributed by atoms with van der Waals surface area (Å²) < 4.78 is 15.2. The van der Waals surface area contributed by atoms with E-state index >= 15 is 0 Å². The topological polar surface area (TPSA) is 43.8 Å². The van der Waals surface area contributed by atoms with Crippen LogP contribution in [0.5, 0.6) is 0 Å². The predicted molar refractivity (Wildman–Crippen MR) is 62.7 cm³/mol. The summed E-state index contributed by atoms with van der Waals surface area (Å²) in [6.07, 6.45) is 1.76. The average molecular weight is 221 g/mol. The summed E-state index contributed by atoms with van der Waals surface area (Å²) in [4.78, 5) is 4.42. The smallest absolute Gasteiger partial charge is 0.125 e. The molecule has 0 fully saturated rings. The summed E-state index contributed by atoms with van der Waals surface area (Å²) in [6.45, 7) is 3.58. The van der Waals surface area contributed by atoms with E-state index in [0.29, 0.717) is 6.54 Å². The Balaban J connectivity index is 2.56. The van der Waals surface area contributed by atoms with E-state index in [9.17, 15) is 4.39 Å². The van der Waals surface area contributed by atoms with Crippen molar-refractivity contribution in [3.8, 4) is 0 Å². The molecule has 86 valence electrons. The lowest BCUT2D eigenvalue weighted by Gasteiger charge is -2.06. The van der Waals surface area contributed by atoms with Crippen LogP contribution in [-0.2, 0) is 13.0 Å². The highest BCUT2D eigenvalue weighted by molar-refractivity contribution is 5.76. The Morgan fingerprint density at radius 3 is 2.94 bits per heavy atom. The fourth-order valence-corrected chi connectivity index (χ4v) is 1.95. The van der Waals surface area contributed by atoms with Crippen LogP contribution in [0.4, 0.5) is 4.39 Å². The minimum atomic E-state index is -0.243. The van der Waals surface area contributed by atoms with Crippen molar-refractivity contribution in [2.75, 3.05) is 6.54 Å². The highest BCUT2D eigenvalue weighted by Gasteiger charge is 2.09. The zero-order chi connectivity index (χ0) is 11.5. The van der Waals surface area contributed by atoms with Gasteiger partial charge in [-0.3, -0.25) is 0 Å². The molecule has 0 radical (unpaired) electrons. The molecule has 0 bridgehead atoms. The molecule has 0 aliphatic rings. The second kappa shape index (κ2) is 4.61. The van der Waals surface area contributed by atoms with Crippen molar-refractivity contribution in [3.63, 3.8) is 0 Å². The van der Waals surface area contributed by atoms with Crippen molar-refractivity contribution in [3.05, 3.63) is 29.8 Å². The third-order valence-electron chi connectivity index (χ3n) is 2.60. The number of halogens is 1. The maximum atomic E-state index is 13.1. The summed E-state index contributed by atoms with van der Waals surface area (Å²) >= 11 is 0. The number of rotatable bonds is 4. The normalized spacial score (nSPS) is 11.2. The lowest BCUT2D eigenvalue weighted by atomic mass is 10.3. The second-order valence-electron chi connectivity index (χ2n) is 3.85. The molecule has 2 rings (SSSR count). The first-order valence-corrected chi connectivity index (χ1v) is 5.61. The molecule has 3 nitrogen and oxygen atoms in total. The fraction of sp³-hybridized carbons (Fsp3) is 0.417. The maximum absolute atomic E-state index is 13.1. The van der Waals surface area contributed by atoms with E-state index in [0.717, 1.165) is 36.2 Å². The third kappa shape index (κ3) is 1.93. The Hall–Kier alpha value is -1.42. The van der Waals surface area contributed by atoms with Gasteiger partial charge in [0.15, 0.2) is 0 Å². The number of aryl methyl sites for hydroxylation is 1. The largest absolute Gasteiger partial charge is 0.330 e. The molecule has 0 unspecified atom stereocenters. The van der Waals surface area contributed by atoms with Gasteiger partial charge in [0.05, 0.1) is 11.0 Å². The van der Waals surface area contributed by atoms with E-state index in [-0.39, 0.29) is 5.82 Å². The average Bonchev–Trinajstić information content (AvgIpc) is 2.57. The molecule has 0 atom stereocenters. The number of imidazole rings is 1. The van der Waals surface area contributed by atoms with E-state index in [2.05, 4.69) is 16.5 Å². The van der Waals surface area contributed by atoms with Gasteiger partial charge >= 0.3 is 0 Å². The molecule has 2 N–H and O–H groups in total. The van der Waals surface area contributed by atoms with Crippen LogP contribution in [0.15, 0.2) is 18.2 Å². The lowest BCUT2D eigenvalue weighted by Crippen LogP contribution is -2.10. The predicted octanol–water partition coefficient (Wildman–Crippen LogP) is 2.09. The second-order valence-corrected chi connectivity index (χ2v) is 3.85. The molecule has 1 aromatic heterocycles. The number of fused-ring (bicyclic) bond motifs is 1. The Bertz CT molecular complexity index is 490. The van der Waals surface area contributed by atoms with Crippen LogP contribution in [0, 0.1) is 5.82 Å². The van der Waals surface area contributed by atoms with Crippen LogP contribution in [-0.4, -0.2) is 16.1 Å². The van der Waals surface area contributed by atoms with Crippen molar-refractivity contribution in [2.24, 2.45) is 5.73 Å². The molecule has 0 amide bonds. The Kier molecular flexibility index (Phi) is 3.19. The van der Waals surface area contributed by atoms with Crippen molar-refractivity contribution in [2.45, 2.75) is 26.3 Å². The third-order valence-corrected chi connectivity index (χ3v) is 2.60. The van der Waals surface area contributed by atoms with Crippen molar-refractivity contribution < 1.29 is 4.39 Å². The Morgan fingerprint density at radius 2 is 2.25 bits per heavy atom. The van der Waals surface area contributed by atoms with Gasteiger partial charge in [-0.15, -0.1) is 0 Å². The first-order chi connectivity index (χ1) is 7.76. The van der Waals surface area contributed by atoms with Gasteiger partial charge < -0.3 is 10.3 Å². The van der Waals surface area contributed by atoms with Crippen LogP contribution in [0.3, 0.4) is 0 Å². The molecule has 16 heavy (non-hydrogen) atoms. The van der Waals surface area contributed by atoms with Crippen molar-refractivity contribution in [1.82, 2.24) is 9.55 Å². The van der Waals surface area contributed by atoms with E-state index in [1.54, 1.807) is 6.07 Å². The molecule has 4 heteroatoms. The maximum Gasteiger partial charge on any atom is 0.125 e. The van der Waals surface area contributed by atoms with Gasteiger partial charge in [-0.1, -0.05) is 6.92 Å². The summed E-state index contributed by atoms with van der Waals surface area (Å²) in [7, 11) is 0. The molecule has 1 aromatic carbocycles. The highest BCUT2D eigenvalue weighted by atomic mass is 19.1. The Morgan fingerprint density at radius 1 is 1.44 bits per heavy atom. The van der Waals surface area contributed by atoms with Gasteiger partial charge in [0.2, 0.25) is 0 Å². The number of nitrogens with two attached hydrogens (primary N) is 1. The van der Waals surface area contributed by atoms with Crippen LogP contribution >= 0.6 is 0 Å². The molecule has 0 aliphatic heterocycles. The van der Waals surface area contributed by atoms with Crippen LogP contribution in [0.1, 0.15) is 19.2 Å². The van der Waals surface area contributed by atoms with Crippen LogP contribution in [0.2, 0.25) is 0 Å². The van der Waals surface area contributed by atoms with Gasteiger partial charge in [-0.25, -0.2) is 9.37 Å². The molecule has 0 aliphatic carbocycles. The molecular weight excluding hydrogens is 205 g/mol. The molecule has 0 saturated heterocycles. The van der Waals surface area contributed by atoms with Crippen LogP contribution in [0.25, 0.3) is 11.0 Å².